The first-order chi connectivity index (χ1) is 18.5. The van der Waals surface area contributed by atoms with Gasteiger partial charge in [-0.15, -0.1) is 0 Å². The summed E-state index contributed by atoms with van der Waals surface area (Å²) in [4.78, 5) is 37.2. The van der Waals surface area contributed by atoms with Gasteiger partial charge < -0.3 is 21.7 Å². The Balaban J connectivity index is 4.07. The maximum absolute atomic E-state index is 12.7. The van der Waals surface area contributed by atoms with Gasteiger partial charge in [-0.2, -0.15) is 0 Å². The van der Waals surface area contributed by atoms with Gasteiger partial charge in [0.2, 0.25) is 17.7 Å². The van der Waals surface area contributed by atoms with Gasteiger partial charge in [-0.25, -0.2) is 0 Å². The van der Waals surface area contributed by atoms with Gasteiger partial charge in [0.05, 0.1) is 6.42 Å². The number of unbranched alkanes of at least 4 members (excludes halogenated alkanes) is 18. The molecule has 0 aromatic heterocycles. The van der Waals surface area contributed by atoms with E-state index in [0.717, 1.165) is 25.7 Å². The summed E-state index contributed by atoms with van der Waals surface area (Å²) in [6, 6.07) is -0.857. The second kappa shape index (κ2) is 28.4. The molecule has 0 radical (unpaired) electrons. The van der Waals surface area contributed by atoms with Crippen LogP contribution in [0.5, 0.6) is 0 Å². The van der Waals surface area contributed by atoms with Crippen molar-refractivity contribution < 1.29 is 14.4 Å². The number of carbonyl (C=O) groups excluding carboxylic acids is 3. The van der Waals surface area contributed by atoms with Crippen LogP contribution in [0.25, 0.3) is 0 Å². The topological polar surface area (TPSA) is 113 Å². The van der Waals surface area contributed by atoms with E-state index in [-0.39, 0.29) is 37.1 Å². The monoisotopic (exact) mass is 538 g/mol. The average molecular weight is 539 g/mol. The van der Waals surface area contributed by atoms with E-state index < -0.39 is 6.04 Å². The van der Waals surface area contributed by atoms with Crippen LogP contribution < -0.4 is 21.7 Å². The Morgan fingerprint density at radius 3 is 1.37 bits per heavy atom. The number of amides is 3. The smallest absolute Gasteiger partial charge is 0.243 e. The summed E-state index contributed by atoms with van der Waals surface area (Å²) in [5, 5.41) is 8.51. The van der Waals surface area contributed by atoms with Crippen molar-refractivity contribution in [1.82, 2.24) is 16.0 Å². The Labute approximate surface area is 234 Å². The van der Waals surface area contributed by atoms with Gasteiger partial charge >= 0.3 is 0 Å². The first-order valence-electron chi connectivity index (χ1n) is 16.1. The minimum atomic E-state index is -0.857. The van der Waals surface area contributed by atoms with Crippen molar-refractivity contribution in [2.75, 3.05) is 19.6 Å². The third-order valence-electron chi connectivity index (χ3n) is 7.09. The largest absolute Gasteiger partial charge is 0.356 e. The fourth-order valence-electron chi connectivity index (χ4n) is 4.65. The van der Waals surface area contributed by atoms with Gasteiger partial charge in [0.25, 0.3) is 0 Å². The van der Waals surface area contributed by atoms with E-state index in [1.807, 2.05) is 0 Å². The molecule has 0 fully saturated rings. The van der Waals surface area contributed by atoms with Crippen LogP contribution in [0.1, 0.15) is 155 Å². The Hall–Kier alpha value is -1.63. The molecule has 0 aliphatic carbocycles. The first-order valence-corrected chi connectivity index (χ1v) is 16.1. The number of carbonyl (C=O) groups is 3. The summed E-state index contributed by atoms with van der Waals surface area (Å²) in [5.41, 5.74) is 5.47. The normalized spacial score (nSPS) is 11.8. The van der Waals surface area contributed by atoms with E-state index in [0.29, 0.717) is 13.1 Å². The molecule has 0 saturated heterocycles. The lowest BCUT2D eigenvalue weighted by Crippen LogP contribution is -2.49. The molecular formula is C31H62N4O3. The lowest BCUT2D eigenvalue weighted by atomic mass is 10.1. The molecule has 0 aliphatic heterocycles. The number of hydrogen-bond acceptors (Lipinski definition) is 4. The lowest BCUT2D eigenvalue weighted by molar-refractivity contribution is -0.131. The van der Waals surface area contributed by atoms with E-state index in [1.165, 1.54) is 103 Å². The van der Waals surface area contributed by atoms with Crippen molar-refractivity contribution in [3.63, 3.8) is 0 Å². The second-order valence-corrected chi connectivity index (χ2v) is 10.9. The van der Waals surface area contributed by atoms with Crippen molar-refractivity contribution in [3.8, 4) is 0 Å². The predicted molar refractivity (Wildman–Crippen MR) is 160 cm³/mol. The summed E-state index contributed by atoms with van der Waals surface area (Å²) in [7, 11) is 0. The summed E-state index contributed by atoms with van der Waals surface area (Å²) in [5.74, 6) is -0.789. The lowest BCUT2D eigenvalue weighted by Gasteiger charge is -2.18. The molecule has 3 amide bonds. The molecule has 0 bridgehead atoms. The number of rotatable bonds is 28. The van der Waals surface area contributed by atoms with Gasteiger partial charge in [-0.1, -0.05) is 129 Å². The zero-order valence-corrected chi connectivity index (χ0v) is 25.1. The van der Waals surface area contributed by atoms with Crippen molar-refractivity contribution in [2.45, 2.75) is 161 Å². The van der Waals surface area contributed by atoms with Gasteiger partial charge in [-0.05, 0) is 12.8 Å². The van der Waals surface area contributed by atoms with Crippen molar-refractivity contribution in [2.24, 2.45) is 5.73 Å². The molecule has 0 heterocycles. The molecule has 1 atom stereocenters. The van der Waals surface area contributed by atoms with Gasteiger partial charge in [0, 0.05) is 26.1 Å². The van der Waals surface area contributed by atoms with Gasteiger partial charge in [0.1, 0.15) is 6.04 Å². The highest BCUT2D eigenvalue weighted by Gasteiger charge is 2.23. The fraction of sp³-hybridized carbons (Fsp3) is 0.903. The molecule has 38 heavy (non-hydrogen) atoms. The average Bonchev–Trinajstić information content (AvgIpc) is 2.90. The minimum Gasteiger partial charge on any atom is -0.356 e. The van der Waals surface area contributed by atoms with Crippen LogP contribution >= 0.6 is 0 Å². The molecule has 7 heteroatoms. The highest BCUT2D eigenvalue weighted by molar-refractivity contribution is 5.92. The minimum absolute atomic E-state index is 0.0437. The molecule has 7 nitrogen and oxygen atoms in total. The van der Waals surface area contributed by atoms with E-state index in [4.69, 9.17) is 5.73 Å². The molecule has 0 aliphatic rings. The maximum Gasteiger partial charge on any atom is 0.243 e. The first kappa shape index (κ1) is 36.4. The molecule has 0 aromatic rings. The van der Waals surface area contributed by atoms with Crippen molar-refractivity contribution in [3.05, 3.63) is 0 Å². The highest BCUT2D eigenvalue weighted by atomic mass is 16.2. The maximum atomic E-state index is 12.7. The van der Waals surface area contributed by atoms with Crippen LogP contribution in [0.3, 0.4) is 0 Å². The summed E-state index contributed by atoms with van der Waals surface area (Å²) >= 11 is 0. The fourth-order valence-corrected chi connectivity index (χ4v) is 4.65. The highest BCUT2D eigenvalue weighted by Crippen LogP contribution is 2.11. The van der Waals surface area contributed by atoms with Crippen LogP contribution in [0, 0.1) is 0 Å². The van der Waals surface area contributed by atoms with Gasteiger partial charge in [0.15, 0.2) is 0 Å². The third kappa shape index (κ3) is 24.7. The van der Waals surface area contributed by atoms with E-state index in [1.54, 1.807) is 0 Å². The molecular weight excluding hydrogens is 476 g/mol. The zero-order valence-electron chi connectivity index (χ0n) is 25.1. The number of nitrogens with two attached hydrogens (primary N) is 1. The number of hydrogen-bond donors (Lipinski definition) is 4. The molecule has 224 valence electrons. The Morgan fingerprint density at radius 2 is 0.947 bits per heavy atom. The predicted octanol–water partition coefficient (Wildman–Crippen LogP) is 6.28. The molecule has 0 spiro atoms. The standard InChI is InChI=1S/C31H62N4O3/c1-3-5-7-9-11-13-15-17-19-21-25-33-30(37)27-28(35-29(36)23-24-32)31(38)34-26-22-20-18-16-14-12-10-8-6-4-2/h28H,3-27,32H2,1-2H3,(H,33,37)(H,34,38)(H,35,36)/t28-/m0/s1. The van der Waals surface area contributed by atoms with Crippen LogP contribution in [-0.2, 0) is 14.4 Å². The second-order valence-electron chi connectivity index (χ2n) is 10.9. The summed E-state index contributed by atoms with van der Waals surface area (Å²) < 4.78 is 0. The molecule has 0 unspecified atom stereocenters. The molecule has 0 saturated carbocycles. The Kier molecular flexibility index (Phi) is 27.2. The molecule has 0 rings (SSSR count). The SMILES string of the molecule is CCCCCCCCCCCCNC(=O)C[C@H](NC(=O)CCN)C(=O)NCCCCCCCCCCCC. The van der Waals surface area contributed by atoms with E-state index >= 15 is 0 Å². The quantitative estimate of drug-likeness (QED) is 0.0877. The Morgan fingerprint density at radius 1 is 0.553 bits per heavy atom. The van der Waals surface area contributed by atoms with E-state index in [9.17, 15) is 14.4 Å². The Bertz CT molecular complexity index is 571. The van der Waals surface area contributed by atoms with Crippen LogP contribution in [-0.4, -0.2) is 43.4 Å². The van der Waals surface area contributed by atoms with E-state index in [2.05, 4.69) is 29.8 Å². The van der Waals surface area contributed by atoms with Gasteiger partial charge in [-0.3, -0.25) is 14.4 Å². The number of nitrogens with one attached hydrogen (secondary N) is 3. The molecule has 0 aromatic carbocycles. The third-order valence-corrected chi connectivity index (χ3v) is 7.09. The van der Waals surface area contributed by atoms with Crippen LogP contribution in [0.15, 0.2) is 0 Å². The van der Waals surface area contributed by atoms with Crippen molar-refractivity contribution >= 4 is 17.7 Å². The van der Waals surface area contributed by atoms with Crippen LogP contribution in [0.2, 0.25) is 0 Å². The summed E-state index contributed by atoms with van der Waals surface area (Å²) in [6.45, 7) is 5.87. The zero-order chi connectivity index (χ0) is 28.1. The van der Waals surface area contributed by atoms with Crippen LogP contribution in [0.4, 0.5) is 0 Å². The summed E-state index contributed by atoms with van der Waals surface area (Å²) in [6.07, 6.45) is 24.9. The van der Waals surface area contributed by atoms with Crippen molar-refractivity contribution in [1.29, 1.82) is 0 Å². The molecule has 5 N–H and O–H groups in total.